The number of nitrogens with two attached hydrogens (primary N) is 1. The molecule has 0 saturated heterocycles. The highest BCUT2D eigenvalue weighted by molar-refractivity contribution is 7.10. The quantitative estimate of drug-likeness (QED) is 0.887. The molecule has 0 aliphatic carbocycles. The molecule has 0 fully saturated rings. The van der Waals surface area contributed by atoms with Gasteiger partial charge in [-0.2, -0.15) is 0 Å². The molecule has 1 unspecified atom stereocenters. The molecule has 1 amide bonds. The molecule has 3 nitrogen and oxygen atoms in total. The first-order valence-corrected chi connectivity index (χ1v) is 7.53. The highest BCUT2D eigenvalue weighted by atomic mass is 32.1. The molecular weight excluding hydrogens is 268 g/mol. The van der Waals surface area contributed by atoms with E-state index >= 15 is 0 Å². The summed E-state index contributed by atoms with van der Waals surface area (Å²) in [4.78, 5) is 12.2. The SMILES string of the molecule is Cc1ccc(C)c(C(C)NCc2cc(C(N)=O)cs2)c1. The molecule has 20 heavy (non-hydrogen) atoms. The average molecular weight is 288 g/mol. The van der Waals surface area contributed by atoms with Gasteiger partial charge in [-0.3, -0.25) is 4.79 Å². The molecular formula is C16H20N2OS. The van der Waals surface area contributed by atoms with E-state index in [1.165, 1.54) is 16.7 Å². The highest BCUT2D eigenvalue weighted by Gasteiger charge is 2.10. The molecule has 106 valence electrons. The summed E-state index contributed by atoms with van der Waals surface area (Å²) in [5, 5.41) is 5.30. The number of primary amides is 1. The summed E-state index contributed by atoms with van der Waals surface area (Å²) in [6, 6.07) is 8.63. The van der Waals surface area contributed by atoms with Crippen molar-refractivity contribution in [3.8, 4) is 0 Å². The van der Waals surface area contributed by atoms with E-state index < -0.39 is 0 Å². The van der Waals surface area contributed by atoms with Crippen LogP contribution in [0, 0.1) is 13.8 Å². The van der Waals surface area contributed by atoms with Crippen LogP contribution in [0.15, 0.2) is 29.6 Å². The maximum atomic E-state index is 11.1. The number of rotatable bonds is 5. The van der Waals surface area contributed by atoms with Crippen LogP contribution in [0.3, 0.4) is 0 Å². The zero-order valence-corrected chi connectivity index (χ0v) is 12.9. The van der Waals surface area contributed by atoms with Gasteiger partial charge in [-0.05, 0) is 38.0 Å². The van der Waals surface area contributed by atoms with E-state index in [0.717, 1.165) is 11.4 Å². The molecule has 0 spiro atoms. The summed E-state index contributed by atoms with van der Waals surface area (Å²) >= 11 is 1.56. The Balaban J connectivity index is 2.02. The number of hydrogen-bond donors (Lipinski definition) is 2. The third-order valence-electron chi connectivity index (χ3n) is 3.42. The molecule has 1 atom stereocenters. The first-order chi connectivity index (χ1) is 9.47. The monoisotopic (exact) mass is 288 g/mol. The number of benzene rings is 1. The summed E-state index contributed by atoms with van der Waals surface area (Å²) < 4.78 is 0. The normalized spacial score (nSPS) is 12.3. The fraction of sp³-hybridized carbons (Fsp3) is 0.312. The van der Waals surface area contributed by atoms with E-state index in [-0.39, 0.29) is 11.9 Å². The van der Waals surface area contributed by atoms with Crippen LogP contribution < -0.4 is 11.1 Å². The van der Waals surface area contributed by atoms with Crippen LogP contribution in [0.2, 0.25) is 0 Å². The summed E-state index contributed by atoms with van der Waals surface area (Å²) in [7, 11) is 0. The van der Waals surface area contributed by atoms with E-state index in [9.17, 15) is 4.79 Å². The van der Waals surface area contributed by atoms with Crippen LogP contribution in [-0.4, -0.2) is 5.91 Å². The topological polar surface area (TPSA) is 55.1 Å². The predicted molar refractivity (Wildman–Crippen MR) is 84.0 cm³/mol. The number of aryl methyl sites for hydroxylation is 2. The number of nitrogens with one attached hydrogen (secondary N) is 1. The third kappa shape index (κ3) is 3.46. The van der Waals surface area contributed by atoms with Crippen molar-refractivity contribution in [2.75, 3.05) is 0 Å². The summed E-state index contributed by atoms with van der Waals surface area (Å²) in [6.07, 6.45) is 0. The van der Waals surface area contributed by atoms with Gasteiger partial charge in [0.2, 0.25) is 5.91 Å². The lowest BCUT2D eigenvalue weighted by Gasteiger charge is -2.16. The van der Waals surface area contributed by atoms with Gasteiger partial charge in [0.25, 0.3) is 0 Å². The molecule has 0 bridgehead atoms. The maximum absolute atomic E-state index is 11.1. The molecule has 0 aliphatic rings. The fourth-order valence-corrected chi connectivity index (χ4v) is 3.02. The molecule has 2 rings (SSSR count). The Morgan fingerprint density at radius 2 is 2.10 bits per heavy atom. The average Bonchev–Trinajstić information content (AvgIpc) is 2.88. The van der Waals surface area contributed by atoms with E-state index in [0.29, 0.717) is 5.56 Å². The summed E-state index contributed by atoms with van der Waals surface area (Å²) in [5.41, 5.74) is 9.72. The second-order valence-corrected chi connectivity index (χ2v) is 6.12. The number of amides is 1. The maximum Gasteiger partial charge on any atom is 0.249 e. The Kier molecular flexibility index (Phi) is 4.57. The lowest BCUT2D eigenvalue weighted by Crippen LogP contribution is -2.18. The largest absolute Gasteiger partial charge is 0.366 e. The number of hydrogen-bond acceptors (Lipinski definition) is 3. The number of carbonyl (C=O) groups is 1. The number of carbonyl (C=O) groups excluding carboxylic acids is 1. The molecule has 2 aromatic rings. The smallest absolute Gasteiger partial charge is 0.249 e. The first kappa shape index (κ1) is 14.8. The lowest BCUT2D eigenvalue weighted by molar-refractivity contribution is 0.100. The zero-order valence-electron chi connectivity index (χ0n) is 12.1. The Morgan fingerprint density at radius 3 is 2.75 bits per heavy atom. The van der Waals surface area contributed by atoms with Gasteiger partial charge in [-0.15, -0.1) is 11.3 Å². The van der Waals surface area contributed by atoms with Gasteiger partial charge < -0.3 is 11.1 Å². The summed E-state index contributed by atoms with van der Waals surface area (Å²) in [6.45, 7) is 7.13. The molecule has 0 radical (unpaired) electrons. The Labute approximate surface area is 123 Å². The molecule has 3 N–H and O–H groups in total. The van der Waals surface area contributed by atoms with Crippen LogP contribution in [0.25, 0.3) is 0 Å². The van der Waals surface area contributed by atoms with Gasteiger partial charge in [0.1, 0.15) is 0 Å². The fourth-order valence-electron chi connectivity index (χ4n) is 2.19. The number of thiophene rings is 1. The van der Waals surface area contributed by atoms with Crippen molar-refractivity contribution >= 4 is 17.2 Å². The van der Waals surface area contributed by atoms with Gasteiger partial charge in [0, 0.05) is 22.8 Å². The lowest BCUT2D eigenvalue weighted by atomic mass is 10.00. The van der Waals surface area contributed by atoms with Crippen molar-refractivity contribution in [1.29, 1.82) is 0 Å². The second kappa shape index (κ2) is 6.20. The van der Waals surface area contributed by atoms with E-state index in [2.05, 4.69) is 44.3 Å². The van der Waals surface area contributed by atoms with Gasteiger partial charge in [0.15, 0.2) is 0 Å². The molecule has 1 aromatic heterocycles. The Bertz CT molecular complexity index is 619. The van der Waals surface area contributed by atoms with Crippen LogP contribution in [0.1, 0.15) is 44.9 Å². The highest BCUT2D eigenvalue weighted by Crippen LogP contribution is 2.20. The molecule has 1 aromatic carbocycles. The second-order valence-electron chi connectivity index (χ2n) is 5.13. The van der Waals surface area contributed by atoms with Crippen molar-refractivity contribution in [2.45, 2.75) is 33.4 Å². The van der Waals surface area contributed by atoms with Crippen molar-refractivity contribution in [1.82, 2.24) is 5.32 Å². The first-order valence-electron chi connectivity index (χ1n) is 6.65. The van der Waals surface area contributed by atoms with Crippen molar-refractivity contribution in [2.24, 2.45) is 5.73 Å². The van der Waals surface area contributed by atoms with Crippen LogP contribution in [0.4, 0.5) is 0 Å². The predicted octanol–water partition coefficient (Wildman–Crippen LogP) is 3.31. The van der Waals surface area contributed by atoms with E-state index in [4.69, 9.17) is 5.73 Å². The molecule has 0 aliphatic heterocycles. The Hall–Kier alpha value is -1.65. The van der Waals surface area contributed by atoms with Crippen molar-refractivity contribution in [3.05, 3.63) is 56.8 Å². The van der Waals surface area contributed by atoms with Crippen LogP contribution in [0.5, 0.6) is 0 Å². The zero-order chi connectivity index (χ0) is 14.7. The van der Waals surface area contributed by atoms with Gasteiger partial charge in [-0.25, -0.2) is 0 Å². The van der Waals surface area contributed by atoms with Gasteiger partial charge >= 0.3 is 0 Å². The van der Waals surface area contributed by atoms with Crippen LogP contribution >= 0.6 is 11.3 Å². The van der Waals surface area contributed by atoms with E-state index in [1.54, 1.807) is 11.3 Å². The minimum atomic E-state index is -0.366. The molecule has 1 heterocycles. The van der Waals surface area contributed by atoms with Crippen molar-refractivity contribution < 1.29 is 4.79 Å². The standard InChI is InChI=1S/C16H20N2OS/c1-10-4-5-11(2)15(6-10)12(3)18-8-14-7-13(9-20-14)16(17)19/h4-7,9,12,18H,8H2,1-3H3,(H2,17,19). The minimum absolute atomic E-state index is 0.272. The van der Waals surface area contributed by atoms with E-state index in [1.807, 2.05) is 11.4 Å². The molecule has 0 saturated carbocycles. The van der Waals surface area contributed by atoms with Gasteiger partial charge in [0.05, 0.1) is 5.56 Å². The van der Waals surface area contributed by atoms with Crippen LogP contribution in [-0.2, 0) is 6.54 Å². The third-order valence-corrected chi connectivity index (χ3v) is 4.36. The minimum Gasteiger partial charge on any atom is -0.366 e. The molecule has 4 heteroatoms. The Morgan fingerprint density at radius 1 is 1.35 bits per heavy atom. The summed E-state index contributed by atoms with van der Waals surface area (Å²) in [5.74, 6) is -0.366. The van der Waals surface area contributed by atoms with Crippen molar-refractivity contribution in [3.63, 3.8) is 0 Å². The van der Waals surface area contributed by atoms with Gasteiger partial charge in [-0.1, -0.05) is 23.8 Å².